The maximum atomic E-state index is 15.3. The molecule has 6 rings (SSSR count). The minimum absolute atomic E-state index is 0.0343. The number of hydrogen-bond acceptors (Lipinski definition) is 9. The number of fused-ring (bicyclic) bond motifs is 1. The molecular formula is C34H42F5N5O4S. The van der Waals surface area contributed by atoms with E-state index >= 15 is 8.78 Å². The van der Waals surface area contributed by atoms with Crippen LogP contribution < -0.4 is 14.4 Å². The van der Waals surface area contributed by atoms with Crippen molar-refractivity contribution in [3.05, 3.63) is 48.2 Å². The minimum atomic E-state index is -4.99. The Morgan fingerprint density at radius 1 is 0.816 bits per heavy atom. The number of anilines is 1. The molecule has 0 aliphatic carbocycles. The van der Waals surface area contributed by atoms with E-state index in [1.54, 1.807) is 11.8 Å². The Labute approximate surface area is 283 Å². The van der Waals surface area contributed by atoms with Crippen molar-refractivity contribution in [3.63, 3.8) is 0 Å². The van der Waals surface area contributed by atoms with Crippen LogP contribution in [0.15, 0.2) is 46.3 Å². The lowest BCUT2D eigenvalue weighted by Crippen LogP contribution is -2.56. The number of hydrogen-bond donors (Lipinski definition) is 0. The highest BCUT2D eigenvalue weighted by molar-refractivity contribution is 7.91. The Morgan fingerprint density at radius 3 is 1.92 bits per heavy atom. The molecule has 0 atom stereocenters. The monoisotopic (exact) mass is 711 g/mol. The van der Waals surface area contributed by atoms with Crippen LogP contribution in [0.25, 0.3) is 10.9 Å². The summed E-state index contributed by atoms with van der Waals surface area (Å²) in [5, 5.41) is 0.0655. The van der Waals surface area contributed by atoms with Crippen molar-refractivity contribution in [3.8, 4) is 11.5 Å². The molecule has 9 nitrogen and oxygen atoms in total. The SMILES string of the molecule is CCOc1cc(F)c(S(=O)(=O)c2cnc3ccc(OC(F)(F)F)cc3c2N2CCC(N3CCN(C4CCN(CC)CC4)CC3)CC2)c(F)c1. The van der Waals surface area contributed by atoms with E-state index in [2.05, 4.69) is 31.3 Å². The number of alkyl halides is 3. The van der Waals surface area contributed by atoms with E-state index in [9.17, 15) is 21.6 Å². The van der Waals surface area contributed by atoms with Gasteiger partial charge in [-0.2, -0.15) is 0 Å². The fraction of sp³-hybridized carbons (Fsp3) is 0.559. The first-order valence-corrected chi connectivity index (χ1v) is 18.4. The fourth-order valence-corrected chi connectivity index (χ4v) is 9.07. The molecule has 3 saturated heterocycles. The van der Waals surface area contributed by atoms with Crippen molar-refractivity contribution >= 4 is 26.4 Å². The van der Waals surface area contributed by atoms with Crippen molar-refractivity contribution in [1.29, 1.82) is 0 Å². The molecule has 268 valence electrons. The third kappa shape index (κ3) is 7.74. The quantitative estimate of drug-likeness (QED) is 0.260. The Hall–Kier alpha value is -3.27. The highest BCUT2D eigenvalue weighted by Crippen LogP contribution is 2.41. The van der Waals surface area contributed by atoms with E-state index in [-0.39, 0.29) is 35.0 Å². The molecule has 4 heterocycles. The molecule has 3 fully saturated rings. The molecule has 1 aromatic heterocycles. The van der Waals surface area contributed by atoms with Gasteiger partial charge in [-0.15, -0.1) is 13.2 Å². The van der Waals surface area contributed by atoms with Crippen LogP contribution in [-0.2, 0) is 9.84 Å². The van der Waals surface area contributed by atoms with Gasteiger partial charge in [0.15, 0.2) is 0 Å². The number of piperidine rings is 2. The zero-order valence-electron chi connectivity index (χ0n) is 27.7. The molecule has 49 heavy (non-hydrogen) atoms. The third-order valence-corrected chi connectivity index (χ3v) is 11.8. The third-order valence-electron chi connectivity index (χ3n) is 10.0. The molecule has 0 radical (unpaired) electrons. The number of sulfone groups is 1. The highest BCUT2D eigenvalue weighted by Gasteiger charge is 2.36. The van der Waals surface area contributed by atoms with Gasteiger partial charge in [0.05, 0.1) is 17.8 Å². The van der Waals surface area contributed by atoms with Gasteiger partial charge in [-0.3, -0.25) is 14.8 Å². The zero-order valence-corrected chi connectivity index (χ0v) is 28.5. The molecule has 3 aromatic rings. The summed E-state index contributed by atoms with van der Waals surface area (Å²) in [4.78, 5) is 11.8. The number of nitrogens with zero attached hydrogens (tertiary/aromatic N) is 5. The lowest BCUT2D eigenvalue weighted by Gasteiger charge is -2.46. The molecule has 3 aliphatic heterocycles. The summed E-state index contributed by atoms with van der Waals surface area (Å²) in [5.41, 5.74) is 0.242. The van der Waals surface area contributed by atoms with Crippen molar-refractivity contribution in [2.45, 2.75) is 67.8 Å². The van der Waals surface area contributed by atoms with Crippen molar-refractivity contribution < 1.29 is 39.8 Å². The van der Waals surface area contributed by atoms with Crippen LogP contribution in [0.3, 0.4) is 0 Å². The number of benzene rings is 2. The molecule has 0 spiro atoms. The Balaban J connectivity index is 1.27. The van der Waals surface area contributed by atoms with Gasteiger partial charge in [0.2, 0.25) is 9.84 Å². The van der Waals surface area contributed by atoms with Gasteiger partial charge in [-0.25, -0.2) is 17.2 Å². The maximum absolute atomic E-state index is 15.3. The topological polar surface area (TPSA) is 78.4 Å². The van der Waals surface area contributed by atoms with E-state index in [4.69, 9.17) is 4.74 Å². The Morgan fingerprint density at radius 2 is 1.39 bits per heavy atom. The number of ether oxygens (including phenoxy) is 2. The van der Waals surface area contributed by atoms with Crippen LogP contribution in [0.5, 0.6) is 11.5 Å². The lowest BCUT2D eigenvalue weighted by atomic mass is 9.99. The van der Waals surface area contributed by atoms with Crippen LogP contribution in [0.1, 0.15) is 39.5 Å². The van der Waals surface area contributed by atoms with E-state index in [0.717, 1.165) is 76.3 Å². The number of aromatic nitrogens is 1. The highest BCUT2D eigenvalue weighted by atomic mass is 32.2. The van der Waals surface area contributed by atoms with Gasteiger partial charge in [-0.05, 0) is 70.4 Å². The number of halogens is 5. The molecular weight excluding hydrogens is 669 g/mol. The molecule has 2 aromatic carbocycles. The summed E-state index contributed by atoms with van der Waals surface area (Å²) in [5.74, 6) is -3.44. The van der Waals surface area contributed by atoms with E-state index in [1.807, 2.05) is 0 Å². The number of piperazine rings is 1. The van der Waals surface area contributed by atoms with Crippen LogP contribution >= 0.6 is 0 Å². The largest absolute Gasteiger partial charge is 0.573 e. The standard InChI is InChI=1S/C34H42F5N5O4S/c1-3-41-11-7-23(8-12-41)42-15-17-43(18-16-42)24-9-13-44(14-10-24)32-27-19-25(48-34(37,38)39)5-6-30(27)40-22-31(32)49(45,46)33-28(35)20-26(47-4-2)21-29(33)36/h5-6,19-24H,3-4,7-18H2,1-2H3. The summed E-state index contributed by atoms with van der Waals surface area (Å²) in [6.45, 7) is 11.8. The van der Waals surface area contributed by atoms with Gasteiger partial charge < -0.3 is 19.3 Å². The first-order chi connectivity index (χ1) is 23.4. The first kappa shape index (κ1) is 35.6. The molecule has 0 N–H and O–H groups in total. The van der Waals surface area contributed by atoms with Gasteiger partial charge in [-0.1, -0.05) is 6.92 Å². The maximum Gasteiger partial charge on any atom is 0.573 e. The summed E-state index contributed by atoms with van der Waals surface area (Å²) in [7, 11) is -4.90. The zero-order chi connectivity index (χ0) is 34.9. The summed E-state index contributed by atoms with van der Waals surface area (Å²) in [6, 6.07) is 5.88. The number of likely N-dealkylation sites (tertiary alicyclic amines) is 1. The van der Waals surface area contributed by atoms with Crippen molar-refractivity contribution in [1.82, 2.24) is 19.7 Å². The van der Waals surface area contributed by atoms with Gasteiger partial charge in [0.25, 0.3) is 0 Å². The Bertz CT molecular complexity index is 1710. The smallest absolute Gasteiger partial charge is 0.494 e. The molecule has 15 heteroatoms. The number of pyridine rings is 1. The average molecular weight is 712 g/mol. The molecule has 0 saturated carbocycles. The van der Waals surface area contributed by atoms with Crippen LogP contribution in [0.4, 0.5) is 27.6 Å². The van der Waals surface area contributed by atoms with E-state index < -0.39 is 43.4 Å². The predicted octanol–water partition coefficient (Wildman–Crippen LogP) is 5.71. The molecule has 0 bridgehead atoms. The molecule has 0 amide bonds. The van der Waals surface area contributed by atoms with E-state index in [1.165, 1.54) is 18.9 Å². The van der Waals surface area contributed by atoms with Crippen molar-refractivity contribution in [2.75, 3.05) is 70.4 Å². The average Bonchev–Trinajstić information content (AvgIpc) is 3.07. The second kappa shape index (κ2) is 14.5. The normalized spacial score (nSPS) is 19.9. The van der Waals surface area contributed by atoms with Crippen LogP contribution in [0, 0.1) is 11.6 Å². The molecule has 3 aliphatic rings. The molecule has 0 unspecified atom stereocenters. The summed E-state index contributed by atoms with van der Waals surface area (Å²) < 4.78 is 108. The second-order valence-corrected chi connectivity index (χ2v) is 14.7. The van der Waals surface area contributed by atoms with Gasteiger partial charge >= 0.3 is 6.36 Å². The second-order valence-electron chi connectivity index (χ2n) is 12.8. The summed E-state index contributed by atoms with van der Waals surface area (Å²) >= 11 is 0. The minimum Gasteiger partial charge on any atom is -0.494 e. The van der Waals surface area contributed by atoms with Crippen LogP contribution in [-0.4, -0.2) is 112 Å². The first-order valence-electron chi connectivity index (χ1n) is 16.9. The van der Waals surface area contributed by atoms with Gasteiger partial charge in [0.1, 0.15) is 32.9 Å². The summed E-state index contributed by atoms with van der Waals surface area (Å²) in [6.07, 6.45) is -0.280. The van der Waals surface area contributed by atoms with E-state index in [0.29, 0.717) is 32.0 Å². The van der Waals surface area contributed by atoms with Crippen LogP contribution in [0.2, 0.25) is 0 Å². The van der Waals surface area contributed by atoms with Gasteiger partial charge in [0, 0.05) is 75.1 Å². The fourth-order valence-electron chi connectivity index (χ4n) is 7.54. The van der Waals surface area contributed by atoms with Crippen molar-refractivity contribution in [2.24, 2.45) is 0 Å². The predicted molar refractivity (Wildman–Crippen MR) is 175 cm³/mol. The number of rotatable bonds is 9. The Kier molecular flexibility index (Phi) is 10.5. The lowest BCUT2D eigenvalue weighted by molar-refractivity contribution is -0.274.